The molecule has 0 aliphatic carbocycles. The van der Waals surface area contributed by atoms with Crippen LogP contribution in [-0.2, 0) is 4.79 Å². The quantitative estimate of drug-likeness (QED) is 0.783. The van der Waals surface area contributed by atoms with Crippen molar-refractivity contribution in [2.24, 2.45) is 5.41 Å². The summed E-state index contributed by atoms with van der Waals surface area (Å²) in [5.41, 5.74) is -0.651. The predicted octanol–water partition coefficient (Wildman–Crippen LogP) is 2.67. The maximum Gasteiger partial charge on any atom is 0.309 e. The largest absolute Gasteiger partial charge is 0.481 e. The van der Waals surface area contributed by atoms with E-state index in [0.717, 1.165) is 10.8 Å². The Hall–Kier alpha value is -1.03. The molecule has 1 heterocycles. The Bertz CT molecular complexity index is 325. The first-order valence-electron chi connectivity index (χ1n) is 4.79. The summed E-state index contributed by atoms with van der Waals surface area (Å²) in [5.74, 6) is 0.0279. The van der Waals surface area contributed by atoms with Gasteiger partial charge in [0.1, 0.15) is 0 Å². The lowest BCUT2D eigenvalue weighted by Crippen LogP contribution is -2.24. The monoisotopic (exact) mass is 225 g/mol. The number of aromatic nitrogens is 1. The average molecular weight is 225 g/mol. The van der Waals surface area contributed by atoms with Crippen molar-refractivity contribution in [1.29, 1.82) is 0 Å². The van der Waals surface area contributed by atoms with Crippen LogP contribution < -0.4 is 0 Å². The summed E-state index contributed by atoms with van der Waals surface area (Å²) in [6, 6.07) is 5.72. The third-order valence-electron chi connectivity index (χ3n) is 2.19. The van der Waals surface area contributed by atoms with Crippen molar-refractivity contribution in [3.63, 3.8) is 0 Å². The Kier molecular flexibility index (Phi) is 4.15. The van der Waals surface area contributed by atoms with Crippen molar-refractivity contribution >= 4 is 17.7 Å². The van der Waals surface area contributed by atoms with E-state index in [1.54, 1.807) is 31.8 Å². The highest BCUT2D eigenvalue weighted by Crippen LogP contribution is 2.25. The van der Waals surface area contributed by atoms with Crippen LogP contribution in [0.3, 0.4) is 0 Å². The Morgan fingerprint density at radius 1 is 1.53 bits per heavy atom. The molecule has 1 aromatic rings. The molecule has 0 bridgehead atoms. The Labute approximate surface area is 93.9 Å². The minimum absolute atomic E-state index is 0.642. The fourth-order valence-corrected chi connectivity index (χ4v) is 2.08. The van der Waals surface area contributed by atoms with Gasteiger partial charge in [-0.15, -0.1) is 11.8 Å². The number of thioether (sulfide) groups is 1. The molecule has 4 heteroatoms. The van der Waals surface area contributed by atoms with Crippen LogP contribution in [0.2, 0.25) is 0 Å². The first-order valence-corrected chi connectivity index (χ1v) is 5.78. The lowest BCUT2D eigenvalue weighted by molar-refractivity contribution is -0.146. The van der Waals surface area contributed by atoms with Gasteiger partial charge in [0.2, 0.25) is 0 Å². The standard InChI is InChI=1S/C11H15NO2S/c1-11(2,10(13)14)6-8-15-9-5-3-4-7-12-9/h3-5,7H,6,8H2,1-2H3,(H,13,14). The summed E-state index contributed by atoms with van der Waals surface area (Å²) in [6.07, 6.45) is 2.38. The van der Waals surface area contributed by atoms with Gasteiger partial charge >= 0.3 is 5.97 Å². The molecule has 0 aliphatic heterocycles. The highest BCUT2D eigenvalue weighted by Gasteiger charge is 2.26. The number of rotatable bonds is 5. The molecule has 0 spiro atoms. The summed E-state index contributed by atoms with van der Waals surface area (Å²) in [5, 5.41) is 9.86. The summed E-state index contributed by atoms with van der Waals surface area (Å²) < 4.78 is 0. The Balaban J connectivity index is 2.37. The number of aliphatic carboxylic acids is 1. The molecule has 0 saturated carbocycles. The number of pyridine rings is 1. The molecule has 0 saturated heterocycles. The van der Waals surface area contributed by atoms with Crippen molar-refractivity contribution in [2.75, 3.05) is 5.75 Å². The van der Waals surface area contributed by atoms with E-state index in [2.05, 4.69) is 4.98 Å². The number of carboxylic acid groups (broad SMARTS) is 1. The first-order chi connectivity index (χ1) is 7.02. The van der Waals surface area contributed by atoms with Crippen LogP contribution in [0.15, 0.2) is 29.4 Å². The van der Waals surface area contributed by atoms with Gasteiger partial charge in [0.25, 0.3) is 0 Å². The van der Waals surface area contributed by atoms with Crippen molar-refractivity contribution in [3.05, 3.63) is 24.4 Å². The van der Waals surface area contributed by atoms with Crippen molar-refractivity contribution < 1.29 is 9.90 Å². The zero-order chi connectivity index (χ0) is 11.3. The maximum atomic E-state index is 10.8. The van der Waals surface area contributed by atoms with Gasteiger partial charge in [0.15, 0.2) is 0 Å². The van der Waals surface area contributed by atoms with Gasteiger partial charge < -0.3 is 5.11 Å². The van der Waals surface area contributed by atoms with Crippen LogP contribution in [0.4, 0.5) is 0 Å². The lowest BCUT2D eigenvalue weighted by Gasteiger charge is -2.17. The van der Waals surface area contributed by atoms with E-state index < -0.39 is 11.4 Å². The number of nitrogens with zero attached hydrogens (tertiary/aromatic N) is 1. The molecule has 1 aromatic heterocycles. The molecule has 1 N–H and O–H groups in total. The molecule has 0 radical (unpaired) electrons. The van der Waals surface area contributed by atoms with Crippen LogP contribution >= 0.6 is 11.8 Å². The van der Waals surface area contributed by atoms with E-state index in [1.807, 2.05) is 18.2 Å². The van der Waals surface area contributed by atoms with Gasteiger partial charge in [-0.25, -0.2) is 4.98 Å². The number of hydrogen-bond donors (Lipinski definition) is 1. The normalized spacial score (nSPS) is 11.3. The highest BCUT2D eigenvalue weighted by atomic mass is 32.2. The van der Waals surface area contributed by atoms with E-state index in [0.29, 0.717) is 6.42 Å². The van der Waals surface area contributed by atoms with Crippen LogP contribution in [-0.4, -0.2) is 21.8 Å². The molecule has 15 heavy (non-hydrogen) atoms. The predicted molar refractivity (Wildman–Crippen MR) is 61.0 cm³/mol. The van der Waals surface area contributed by atoms with E-state index in [9.17, 15) is 4.79 Å². The fourth-order valence-electron chi connectivity index (χ4n) is 0.950. The maximum absolute atomic E-state index is 10.8. The smallest absolute Gasteiger partial charge is 0.309 e. The van der Waals surface area contributed by atoms with Crippen molar-refractivity contribution in [2.45, 2.75) is 25.3 Å². The second-order valence-electron chi connectivity index (χ2n) is 3.96. The number of carboxylic acids is 1. The van der Waals surface area contributed by atoms with Crippen LogP contribution in [0.5, 0.6) is 0 Å². The average Bonchev–Trinajstić information content (AvgIpc) is 2.19. The second-order valence-corrected chi connectivity index (χ2v) is 5.07. The summed E-state index contributed by atoms with van der Waals surface area (Å²) >= 11 is 1.59. The van der Waals surface area contributed by atoms with Gasteiger partial charge in [-0.05, 0) is 32.4 Å². The molecule has 0 aromatic carbocycles. The van der Waals surface area contributed by atoms with E-state index in [4.69, 9.17) is 5.11 Å². The zero-order valence-electron chi connectivity index (χ0n) is 8.93. The van der Waals surface area contributed by atoms with Gasteiger partial charge in [-0.1, -0.05) is 6.07 Å². The van der Waals surface area contributed by atoms with Crippen molar-refractivity contribution in [1.82, 2.24) is 4.98 Å². The third-order valence-corrected chi connectivity index (χ3v) is 3.14. The summed E-state index contributed by atoms with van der Waals surface area (Å²) in [7, 11) is 0. The Morgan fingerprint density at radius 3 is 2.80 bits per heavy atom. The van der Waals surface area contributed by atoms with E-state index in [1.165, 1.54) is 0 Å². The van der Waals surface area contributed by atoms with E-state index >= 15 is 0 Å². The molecule has 3 nitrogen and oxygen atoms in total. The Morgan fingerprint density at radius 2 is 2.27 bits per heavy atom. The molecule has 0 atom stereocenters. The van der Waals surface area contributed by atoms with Crippen LogP contribution in [0, 0.1) is 5.41 Å². The lowest BCUT2D eigenvalue weighted by atomic mass is 9.91. The zero-order valence-corrected chi connectivity index (χ0v) is 9.75. The minimum Gasteiger partial charge on any atom is -0.481 e. The highest BCUT2D eigenvalue weighted by molar-refractivity contribution is 7.99. The number of carbonyl (C=O) groups is 1. The first kappa shape index (κ1) is 12.0. The fraction of sp³-hybridized carbons (Fsp3) is 0.455. The van der Waals surface area contributed by atoms with Gasteiger partial charge in [-0.3, -0.25) is 4.79 Å². The molecule has 0 fully saturated rings. The molecule has 0 unspecified atom stereocenters. The molecular weight excluding hydrogens is 210 g/mol. The molecule has 82 valence electrons. The molecule has 0 amide bonds. The number of hydrogen-bond acceptors (Lipinski definition) is 3. The summed E-state index contributed by atoms with van der Waals surface area (Å²) in [4.78, 5) is 15.0. The minimum atomic E-state index is -0.746. The van der Waals surface area contributed by atoms with E-state index in [-0.39, 0.29) is 0 Å². The summed E-state index contributed by atoms with van der Waals surface area (Å²) in [6.45, 7) is 3.49. The van der Waals surface area contributed by atoms with Gasteiger partial charge in [0.05, 0.1) is 10.4 Å². The molecule has 1 rings (SSSR count). The molecular formula is C11H15NO2S. The topological polar surface area (TPSA) is 50.2 Å². The van der Waals surface area contributed by atoms with Crippen LogP contribution in [0.25, 0.3) is 0 Å². The van der Waals surface area contributed by atoms with Crippen LogP contribution in [0.1, 0.15) is 20.3 Å². The van der Waals surface area contributed by atoms with Crippen molar-refractivity contribution in [3.8, 4) is 0 Å². The SMILES string of the molecule is CC(C)(CCSc1ccccn1)C(=O)O. The van der Waals surface area contributed by atoms with Gasteiger partial charge in [0, 0.05) is 11.9 Å². The third kappa shape index (κ3) is 3.91. The molecule has 0 aliphatic rings. The van der Waals surface area contributed by atoms with Gasteiger partial charge in [-0.2, -0.15) is 0 Å². The second kappa shape index (κ2) is 5.16.